The van der Waals surface area contributed by atoms with Crippen molar-refractivity contribution >= 4 is 25.4 Å². The lowest BCUT2D eigenvalue weighted by Crippen LogP contribution is -2.33. The molecule has 0 unspecified atom stereocenters. The second-order valence-electron chi connectivity index (χ2n) is 5.56. The van der Waals surface area contributed by atoms with Gasteiger partial charge in [-0.2, -0.15) is 0 Å². The maximum Gasteiger partial charge on any atom is 0.185 e. The molecule has 0 aliphatic carbocycles. The normalized spacial score (nSPS) is 13.4. The highest BCUT2D eigenvalue weighted by Crippen LogP contribution is 2.24. The van der Waals surface area contributed by atoms with E-state index in [1.54, 1.807) is 0 Å². The van der Waals surface area contributed by atoms with Crippen molar-refractivity contribution in [3.63, 3.8) is 0 Å². The number of hydrogen-bond acceptors (Lipinski definition) is 5. The molecule has 0 aromatic heterocycles. The van der Waals surface area contributed by atoms with E-state index in [9.17, 15) is 25.6 Å². The zero-order chi connectivity index (χ0) is 16.6. The molecule has 0 heterocycles. The summed E-state index contributed by atoms with van der Waals surface area (Å²) >= 11 is 0. The summed E-state index contributed by atoms with van der Waals surface area (Å²) in [5.41, 5.74) is 4.94. The molecule has 1 aromatic carbocycles. The Morgan fingerprint density at radius 2 is 1.43 bits per heavy atom. The van der Waals surface area contributed by atoms with Crippen LogP contribution in [0, 0.1) is 11.6 Å². The molecule has 2 N–H and O–H groups in total. The number of rotatable bonds is 4. The Kier molecular flexibility index (Phi) is 4.69. The molecule has 0 saturated heterocycles. The highest BCUT2D eigenvalue weighted by Gasteiger charge is 2.32. The lowest BCUT2D eigenvalue weighted by atomic mass is 10.3. The molecule has 0 fully saturated rings. The van der Waals surface area contributed by atoms with Crippen molar-refractivity contribution in [3.05, 3.63) is 23.8 Å². The third-order valence-electron chi connectivity index (χ3n) is 2.89. The van der Waals surface area contributed by atoms with Gasteiger partial charge in [0.05, 0.1) is 16.3 Å². The molecule has 0 bridgehead atoms. The molecule has 21 heavy (non-hydrogen) atoms. The molecule has 0 atom stereocenters. The number of hydrogen-bond donors (Lipinski definition) is 1. The van der Waals surface area contributed by atoms with Crippen molar-refractivity contribution in [2.75, 3.05) is 17.2 Å². The average molecular weight is 341 g/mol. The fourth-order valence-corrected chi connectivity index (χ4v) is 4.79. The first-order chi connectivity index (χ1) is 9.28. The van der Waals surface area contributed by atoms with Crippen LogP contribution < -0.4 is 5.73 Å². The van der Waals surface area contributed by atoms with Crippen molar-refractivity contribution in [3.8, 4) is 0 Å². The lowest BCUT2D eigenvalue weighted by Gasteiger charge is -2.19. The van der Waals surface area contributed by atoms with Crippen LogP contribution in [0.4, 0.5) is 14.5 Å². The number of benzene rings is 1. The van der Waals surface area contributed by atoms with Crippen LogP contribution in [-0.2, 0) is 19.7 Å². The van der Waals surface area contributed by atoms with Crippen LogP contribution in [-0.4, -0.2) is 33.1 Å². The number of nitrogens with two attached hydrogens (primary N) is 1. The molecule has 0 radical (unpaired) electrons. The summed E-state index contributed by atoms with van der Waals surface area (Å²) in [6, 6.07) is 1.35. The quantitative estimate of drug-likeness (QED) is 0.838. The summed E-state index contributed by atoms with van der Waals surface area (Å²) in [4.78, 5) is -1.15. The molecule has 0 saturated carbocycles. The Bertz CT molecular complexity index is 727. The molecule has 0 spiro atoms. The fourth-order valence-electron chi connectivity index (χ4n) is 1.50. The molecule has 0 aliphatic rings. The van der Waals surface area contributed by atoms with Gasteiger partial charge in [0.15, 0.2) is 19.7 Å². The first-order valence-electron chi connectivity index (χ1n) is 5.97. The van der Waals surface area contributed by atoms with E-state index in [0.29, 0.717) is 12.1 Å². The standard InChI is InChI=1S/C12H17F2NO4S2/c1-12(2,3)21(18,19)5-4-20(16,17)11-9(13)6-8(15)7-10(11)14/h6-7H,4-5,15H2,1-3H3. The van der Waals surface area contributed by atoms with Crippen LogP contribution in [0.3, 0.4) is 0 Å². The summed E-state index contributed by atoms with van der Waals surface area (Å²) in [6.45, 7) is 4.25. The summed E-state index contributed by atoms with van der Waals surface area (Å²) in [5.74, 6) is -4.28. The van der Waals surface area contributed by atoms with E-state index in [4.69, 9.17) is 5.73 Å². The van der Waals surface area contributed by atoms with Gasteiger partial charge in [-0.3, -0.25) is 0 Å². The second kappa shape index (κ2) is 5.53. The number of anilines is 1. The predicted octanol–water partition coefficient (Wildman–Crippen LogP) is 1.53. The van der Waals surface area contributed by atoms with Crippen molar-refractivity contribution < 1.29 is 25.6 Å². The molecule has 9 heteroatoms. The summed E-state index contributed by atoms with van der Waals surface area (Å²) < 4.78 is 73.8. The Hall–Kier alpha value is -1.22. The lowest BCUT2D eigenvalue weighted by molar-refractivity contribution is 0.519. The van der Waals surface area contributed by atoms with Crippen molar-refractivity contribution in [2.45, 2.75) is 30.4 Å². The Morgan fingerprint density at radius 3 is 1.81 bits per heavy atom. The Balaban J connectivity index is 3.16. The third kappa shape index (κ3) is 3.91. The van der Waals surface area contributed by atoms with Gasteiger partial charge in [-0.15, -0.1) is 0 Å². The maximum atomic E-state index is 13.6. The number of halogens is 2. The van der Waals surface area contributed by atoms with Crippen LogP contribution >= 0.6 is 0 Å². The average Bonchev–Trinajstić information content (AvgIpc) is 2.23. The van der Waals surface area contributed by atoms with Gasteiger partial charge in [-0.1, -0.05) is 0 Å². The van der Waals surface area contributed by atoms with E-state index >= 15 is 0 Å². The molecule has 1 aromatic rings. The van der Waals surface area contributed by atoms with E-state index in [1.807, 2.05) is 0 Å². The first-order valence-corrected chi connectivity index (χ1v) is 9.28. The zero-order valence-corrected chi connectivity index (χ0v) is 13.5. The Morgan fingerprint density at radius 1 is 1.00 bits per heavy atom. The summed E-state index contributed by atoms with van der Waals surface area (Å²) in [7, 11) is -8.14. The fraction of sp³-hybridized carbons (Fsp3) is 0.500. The van der Waals surface area contributed by atoms with Gasteiger partial charge in [0.2, 0.25) is 0 Å². The molecule has 120 valence electrons. The molecular formula is C12H17F2NO4S2. The summed E-state index contributed by atoms with van der Waals surface area (Å²) in [6.07, 6.45) is 0. The molecule has 5 nitrogen and oxygen atoms in total. The van der Waals surface area contributed by atoms with Crippen LogP contribution in [0.15, 0.2) is 17.0 Å². The molecular weight excluding hydrogens is 324 g/mol. The first kappa shape index (κ1) is 17.8. The molecule has 0 amide bonds. The van der Waals surface area contributed by atoms with Gasteiger partial charge >= 0.3 is 0 Å². The van der Waals surface area contributed by atoms with Gasteiger partial charge in [0.25, 0.3) is 0 Å². The highest BCUT2D eigenvalue weighted by atomic mass is 32.2. The largest absolute Gasteiger partial charge is 0.399 e. The van der Waals surface area contributed by atoms with E-state index in [1.165, 1.54) is 20.8 Å². The predicted molar refractivity (Wildman–Crippen MR) is 76.4 cm³/mol. The molecule has 0 aliphatic heterocycles. The summed E-state index contributed by atoms with van der Waals surface area (Å²) in [5, 5.41) is 0. The maximum absolute atomic E-state index is 13.6. The zero-order valence-electron chi connectivity index (χ0n) is 11.9. The van der Waals surface area contributed by atoms with Crippen LogP contribution in [0.25, 0.3) is 0 Å². The van der Waals surface area contributed by atoms with Gasteiger partial charge in [0, 0.05) is 5.69 Å². The topological polar surface area (TPSA) is 94.3 Å². The van der Waals surface area contributed by atoms with E-state index in [0.717, 1.165) is 0 Å². The van der Waals surface area contributed by atoms with E-state index in [2.05, 4.69) is 0 Å². The van der Waals surface area contributed by atoms with E-state index in [-0.39, 0.29) is 5.69 Å². The SMILES string of the molecule is CC(C)(C)S(=O)(=O)CCS(=O)(=O)c1c(F)cc(N)cc1F. The minimum Gasteiger partial charge on any atom is -0.399 e. The Labute approximate surface area is 123 Å². The number of nitrogen functional groups attached to an aromatic ring is 1. The highest BCUT2D eigenvalue weighted by molar-refractivity contribution is 7.95. The van der Waals surface area contributed by atoms with Gasteiger partial charge in [-0.25, -0.2) is 25.6 Å². The van der Waals surface area contributed by atoms with Crippen molar-refractivity contribution in [1.29, 1.82) is 0 Å². The van der Waals surface area contributed by atoms with Crippen molar-refractivity contribution in [1.82, 2.24) is 0 Å². The smallest absolute Gasteiger partial charge is 0.185 e. The minimum atomic E-state index is -4.42. The monoisotopic (exact) mass is 341 g/mol. The second-order valence-corrected chi connectivity index (χ2v) is 10.5. The van der Waals surface area contributed by atoms with Gasteiger partial charge < -0.3 is 5.73 Å². The molecule has 1 rings (SSSR count). The van der Waals surface area contributed by atoms with Crippen molar-refractivity contribution in [2.24, 2.45) is 0 Å². The van der Waals surface area contributed by atoms with Crippen LogP contribution in [0.1, 0.15) is 20.8 Å². The van der Waals surface area contributed by atoms with Crippen LogP contribution in [0.5, 0.6) is 0 Å². The van der Waals surface area contributed by atoms with E-state index < -0.39 is 52.5 Å². The minimum absolute atomic E-state index is 0.258. The van der Waals surface area contributed by atoms with Gasteiger partial charge in [-0.05, 0) is 32.9 Å². The van der Waals surface area contributed by atoms with Crippen LogP contribution in [0.2, 0.25) is 0 Å². The third-order valence-corrected chi connectivity index (χ3v) is 7.51. The number of sulfone groups is 2. The van der Waals surface area contributed by atoms with Gasteiger partial charge in [0.1, 0.15) is 16.5 Å².